The number of hydrogen-bond donors (Lipinski definition) is 1. The third-order valence-corrected chi connectivity index (χ3v) is 1.32. The van der Waals surface area contributed by atoms with Crippen LogP contribution in [0.2, 0.25) is 0 Å². The Hall–Kier alpha value is -1.66. The highest BCUT2D eigenvalue weighted by molar-refractivity contribution is 5.28. The molecule has 1 N–H and O–H groups in total. The van der Waals surface area contributed by atoms with Gasteiger partial charge >= 0.3 is 6.36 Å². The van der Waals surface area contributed by atoms with Crippen molar-refractivity contribution in [2.45, 2.75) is 6.36 Å². The molecule has 0 radical (unpaired) electrons. The lowest BCUT2D eigenvalue weighted by Crippen LogP contribution is -2.22. The van der Waals surface area contributed by atoms with E-state index in [4.69, 9.17) is 0 Å². The average molecular weight is 209 g/mol. The number of aromatic nitrogens is 1. The second-order valence-electron chi connectivity index (χ2n) is 2.26. The van der Waals surface area contributed by atoms with Crippen LogP contribution in [-0.4, -0.2) is 18.5 Å². The molecule has 0 unspecified atom stereocenters. The highest BCUT2D eigenvalue weighted by Gasteiger charge is 2.32. The molecule has 0 aliphatic carbocycles. The van der Waals surface area contributed by atoms with Crippen molar-refractivity contribution in [3.05, 3.63) is 22.6 Å². The molecule has 0 bridgehead atoms. The molecule has 14 heavy (non-hydrogen) atoms. The number of halogens is 3. The summed E-state index contributed by atoms with van der Waals surface area (Å²) in [6.45, 7) is 0. The number of aromatic amines is 1. The summed E-state index contributed by atoms with van der Waals surface area (Å²) in [4.78, 5) is 13.4. The van der Waals surface area contributed by atoms with Gasteiger partial charge in [-0.15, -0.1) is 13.2 Å². The van der Waals surface area contributed by atoms with Crippen LogP contribution in [0, 0.1) is 0 Å². The zero-order valence-electron chi connectivity index (χ0n) is 7.01. The number of hydrogen-bond acceptors (Lipinski definition) is 3. The first-order chi connectivity index (χ1) is 6.44. The van der Waals surface area contributed by atoms with Gasteiger partial charge in [0.25, 0.3) is 5.43 Å². The Balaban J connectivity index is 3.05. The maximum atomic E-state index is 11.7. The smallest absolute Gasteiger partial charge is 0.491 e. The average Bonchev–Trinajstić information content (AvgIpc) is 2.06. The maximum absolute atomic E-state index is 11.7. The van der Waals surface area contributed by atoms with Crippen LogP contribution in [0.4, 0.5) is 13.2 Å². The SMILES string of the molecule is COc1c[nH]cc(OC(F)(F)F)c1=O. The standard InChI is InChI=1S/C7H6F3NO3/c1-13-4-2-11-3-5(6(4)12)14-7(8,9)10/h2-3H,1H3,(H,11,12). The summed E-state index contributed by atoms with van der Waals surface area (Å²) in [6.07, 6.45) is -2.96. The molecule has 0 atom stereocenters. The van der Waals surface area contributed by atoms with Crippen LogP contribution in [0.5, 0.6) is 11.5 Å². The number of alkyl halides is 3. The summed E-state index contributed by atoms with van der Waals surface area (Å²) in [7, 11) is 1.17. The van der Waals surface area contributed by atoms with Crippen molar-refractivity contribution in [3.8, 4) is 11.5 Å². The first-order valence-corrected chi connectivity index (χ1v) is 3.45. The van der Waals surface area contributed by atoms with Crippen LogP contribution < -0.4 is 14.9 Å². The zero-order valence-corrected chi connectivity index (χ0v) is 7.01. The molecule has 1 aromatic heterocycles. The van der Waals surface area contributed by atoms with E-state index in [-0.39, 0.29) is 5.75 Å². The fourth-order valence-corrected chi connectivity index (χ4v) is 0.798. The lowest BCUT2D eigenvalue weighted by atomic mass is 10.4. The second kappa shape index (κ2) is 3.60. The molecule has 0 spiro atoms. The molecule has 0 aliphatic heterocycles. The number of nitrogens with one attached hydrogen (secondary N) is 1. The summed E-state index contributed by atoms with van der Waals surface area (Å²) in [5.74, 6) is -1.09. The van der Waals surface area contributed by atoms with Gasteiger partial charge in [-0.3, -0.25) is 4.79 Å². The van der Waals surface area contributed by atoms with Gasteiger partial charge < -0.3 is 14.5 Å². The van der Waals surface area contributed by atoms with E-state index in [2.05, 4.69) is 14.5 Å². The van der Waals surface area contributed by atoms with Crippen molar-refractivity contribution in [3.63, 3.8) is 0 Å². The number of pyridine rings is 1. The Labute approximate surface area is 76.3 Å². The molecule has 0 saturated heterocycles. The van der Waals surface area contributed by atoms with Gasteiger partial charge in [-0.05, 0) is 0 Å². The van der Waals surface area contributed by atoms with Gasteiger partial charge in [0.15, 0.2) is 11.5 Å². The van der Waals surface area contributed by atoms with E-state index in [0.717, 1.165) is 12.4 Å². The molecule has 78 valence electrons. The molecule has 0 fully saturated rings. The molecule has 1 aromatic rings. The largest absolute Gasteiger partial charge is 0.573 e. The molecule has 1 heterocycles. The van der Waals surface area contributed by atoms with Crippen molar-refractivity contribution in [2.75, 3.05) is 7.11 Å². The first-order valence-electron chi connectivity index (χ1n) is 3.45. The topological polar surface area (TPSA) is 51.3 Å². The van der Waals surface area contributed by atoms with Crippen molar-refractivity contribution < 1.29 is 22.6 Å². The van der Waals surface area contributed by atoms with Crippen molar-refractivity contribution in [2.24, 2.45) is 0 Å². The van der Waals surface area contributed by atoms with E-state index in [0.29, 0.717) is 0 Å². The van der Waals surface area contributed by atoms with E-state index in [1.54, 1.807) is 0 Å². The summed E-state index contributed by atoms with van der Waals surface area (Å²) < 4.78 is 43.2. The van der Waals surface area contributed by atoms with Crippen LogP contribution in [0.25, 0.3) is 0 Å². The number of H-pyrrole nitrogens is 1. The number of methoxy groups -OCH3 is 1. The minimum Gasteiger partial charge on any atom is -0.491 e. The Bertz CT molecular complexity index is 371. The third-order valence-electron chi connectivity index (χ3n) is 1.32. The Morgan fingerprint density at radius 1 is 1.29 bits per heavy atom. The van der Waals surface area contributed by atoms with E-state index in [1.807, 2.05) is 0 Å². The quantitative estimate of drug-likeness (QED) is 0.798. The monoisotopic (exact) mass is 209 g/mol. The summed E-state index contributed by atoms with van der Waals surface area (Å²) in [5.41, 5.74) is -0.955. The van der Waals surface area contributed by atoms with Crippen LogP contribution in [0.3, 0.4) is 0 Å². The molecule has 0 aliphatic rings. The Morgan fingerprint density at radius 3 is 2.36 bits per heavy atom. The molecule has 7 heteroatoms. The predicted molar refractivity (Wildman–Crippen MR) is 40.3 cm³/mol. The van der Waals surface area contributed by atoms with E-state index < -0.39 is 17.5 Å². The molecule has 0 aromatic carbocycles. The molecular formula is C7H6F3NO3. The van der Waals surface area contributed by atoms with Crippen molar-refractivity contribution in [1.82, 2.24) is 4.98 Å². The van der Waals surface area contributed by atoms with E-state index >= 15 is 0 Å². The maximum Gasteiger partial charge on any atom is 0.573 e. The summed E-state index contributed by atoms with van der Waals surface area (Å²) in [5, 5.41) is 0. The summed E-state index contributed by atoms with van der Waals surface area (Å²) >= 11 is 0. The van der Waals surface area contributed by atoms with Gasteiger partial charge in [0.05, 0.1) is 7.11 Å². The lowest BCUT2D eigenvalue weighted by molar-refractivity contribution is -0.275. The Kier molecular flexibility index (Phi) is 2.68. The van der Waals surface area contributed by atoms with Gasteiger partial charge in [0, 0.05) is 12.4 Å². The van der Waals surface area contributed by atoms with Crippen LogP contribution >= 0.6 is 0 Å². The third kappa shape index (κ3) is 2.41. The minimum absolute atomic E-state index is 0.244. The first kappa shape index (κ1) is 10.4. The van der Waals surface area contributed by atoms with Crippen LogP contribution in [-0.2, 0) is 0 Å². The zero-order chi connectivity index (χ0) is 10.8. The lowest BCUT2D eigenvalue weighted by Gasteiger charge is -2.08. The molecule has 4 nitrogen and oxygen atoms in total. The molecule has 0 amide bonds. The normalized spacial score (nSPS) is 11.1. The predicted octanol–water partition coefficient (Wildman–Crippen LogP) is 1.28. The highest BCUT2D eigenvalue weighted by Crippen LogP contribution is 2.20. The number of rotatable bonds is 2. The fourth-order valence-electron chi connectivity index (χ4n) is 0.798. The van der Waals surface area contributed by atoms with E-state index in [9.17, 15) is 18.0 Å². The highest BCUT2D eigenvalue weighted by atomic mass is 19.4. The van der Waals surface area contributed by atoms with Gasteiger partial charge in [-0.1, -0.05) is 0 Å². The van der Waals surface area contributed by atoms with Crippen LogP contribution in [0.15, 0.2) is 17.2 Å². The molecule has 1 rings (SSSR count). The number of ether oxygens (including phenoxy) is 2. The Morgan fingerprint density at radius 2 is 1.86 bits per heavy atom. The van der Waals surface area contributed by atoms with Crippen molar-refractivity contribution >= 4 is 0 Å². The van der Waals surface area contributed by atoms with Gasteiger partial charge in [-0.25, -0.2) is 0 Å². The fraction of sp³-hybridized carbons (Fsp3) is 0.286. The molecular weight excluding hydrogens is 203 g/mol. The van der Waals surface area contributed by atoms with Gasteiger partial charge in [-0.2, -0.15) is 0 Å². The van der Waals surface area contributed by atoms with Crippen LogP contribution in [0.1, 0.15) is 0 Å². The molecule has 0 saturated carbocycles. The summed E-state index contributed by atoms with van der Waals surface area (Å²) in [6, 6.07) is 0. The van der Waals surface area contributed by atoms with E-state index in [1.165, 1.54) is 7.11 Å². The van der Waals surface area contributed by atoms with Crippen molar-refractivity contribution in [1.29, 1.82) is 0 Å². The van der Waals surface area contributed by atoms with Gasteiger partial charge in [0.2, 0.25) is 0 Å². The minimum atomic E-state index is -4.89. The second-order valence-corrected chi connectivity index (χ2v) is 2.26. The van der Waals surface area contributed by atoms with Gasteiger partial charge in [0.1, 0.15) is 0 Å².